The molecule has 0 atom stereocenters. The van der Waals surface area contributed by atoms with E-state index in [9.17, 15) is 0 Å². The van der Waals surface area contributed by atoms with Gasteiger partial charge in [-0.2, -0.15) is 5.26 Å². The highest BCUT2D eigenvalue weighted by molar-refractivity contribution is 14.1. The summed E-state index contributed by atoms with van der Waals surface area (Å²) in [5.74, 6) is 0. The van der Waals surface area contributed by atoms with Crippen LogP contribution in [0, 0.1) is 14.9 Å². The van der Waals surface area contributed by atoms with Gasteiger partial charge in [-0.3, -0.25) is 0 Å². The Kier molecular flexibility index (Phi) is 3.63. The van der Waals surface area contributed by atoms with E-state index < -0.39 is 0 Å². The molecule has 0 aromatic heterocycles. The normalized spacial score (nSPS) is 9.50. The lowest BCUT2D eigenvalue weighted by molar-refractivity contribution is 1.26. The van der Waals surface area contributed by atoms with Gasteiger partial charge in [-0.05, 0) is 34.7 Å². The van der Waals surface area contributed by atoms with E-state index >= 15 is 0 Å². The summed E-state index contributed by atoms with van der Waals surface area (Å²) in [6.45, 7) is 0. The van der Waals surface area contributed by atoms with Crippen LogP contribution in [0.5, 0.6) is 0 Å². The van der Waals surface area contributed by atoms with Crippen molar-refractivity contribution < 1.29 is 0 Å². The summed E-state index contributed by atoms with van der Waals surface area (Å²) in [6, 6.07) is 5.60. The molecule has 0 bridgehead atoms. The molecule has 12 heavy (non-hydrogen) atoms. The Labute approximate surface area is 94.4 Å². The smallest absolute Gasteiger partial charge is 0.0670 e. The van der Waals surface area contributed by atoms with E-state index in [2.05, 4.69) is 22.6 Å². The maximum Gasteiger partial charge on any atom is 0.0670 e. The lowest BCUT2D eigenvalue weighted by atomic mass is 10.2. The van der Waals surface area contributed by atoms with Gasteiger partial charge < -0.3 is 0 Å². The molecule has 0 aliphatic carbocycles. The number of nitriles is 1. The van der Waals surface area contributed by atoms with Crippen molar-refractivity contribution in [2.24, 2.45) is 0 Å². The summed E-state index contributed by atoms with van der Waals surface area (Å²) in [5, 5.41) is 9.60. The molecule has 0 unspecified atom stereocenters. The second-order valence-corrected chi connectivity index (χ2v) is 4.24. The minimum Gasteiger partial charge on any atom is -0.198 e. The Hall–Kier alpha value is 0.0200. The van der Waals surface area contributed by atoms with Crippen LogP contribution in [0.2, 0.25) is 10.0 Å². The molecule has 0 fully saturated rings. The third-order valence-electron chi connectivity index (χ3n) is 1.36. The standard InChI is InChI=1S/C8H4Cl2IN/c9-7-3-5(11)4-8(10)6(7)1-2-12/h3-4H,1H2. The van der Waals surface area contributed by atoms with Crippen molar-refractivity contribution >= 4 is 45.8 Å². The molecule has 1 aromatic rings. The number of rotatable bonds is 1. The summed E-state index contributed by atoms with van der Waals surface area (Å²) in [5.41, 5.74) is 0.709. The average molecular weight is 312 g/mol. The number of hydrogen-bond donors (Lipinski definition) is 0. The zero-order valence-electron chi connectivity index (χ0n) is 5.94. The summed E-state index contributed by atoms with van der Waals surface area (Å²) in [7, 11) is 0. The summed E-state index contributed by atoms with van der Waals surface area (Å²) >= 11 is 13.9. The van der Waals surface area contributed by atoms with Gasteiger partial charge in [0.25, 0.3) is 0 Å². The van der Waals surface area contributed by atoms with Crippen LogP contribution in [0.3, 0.4) is 0 Å². The molecule has 0 saturated heterocycles. The summed E-state index contributed by atoms with van der Waals surface area (Å²) in [4.78, 5) is 0. The van der Waals surface area contributed by atoms with Crippen molar-refractivity contribution in [1.29, 1.82) is 5.26 Å². The highest BCUT2D eigenvalue weighted by atomic mass is 127. The maximum atomic E-state index is 8.47. The topological polar surface area (TPSA) is 23.8 Å². The lowest BCUT2D eigenvalue weighted by Gasteiger charge is -2.02. The molecule has 62 valence electrons. The highest BCUT2D eigenvalue weighted by Gasteiger charge is 2.06. The van der Waals surface area contributed by atoms with Gasteiger partial charge in [0, 0.05) is 19.2 Å². The van der Waals surface area contributed by atoms with Crippen molar-refractivity contribution in [2.45, 2.75) is 6.42 Å². The zero-order valence-corrected chi connectivity index (χ0v) is 9.61. The SMILES string of the molecule is N#CCc1c(Cl)cc(I)cc1Cl. The average Bonchev–Trinajstić information content (AvgIpc) is 1.96. The van der Waals surface area contributed by atoms with Crippen LogP contribution in [0.1, 0.15) is 5.56 Å². The first-order valence-corrected chi connectivity index (χ1v) is 4.99. The van der Waals surface area contributed by atoms with Crippen LogP contribution < -0.4 is 0 Å². The van der Waals surface area contributed by atoms with Crippen molar-refractivity contribution in [3.63, 3.8) is 0 Å². The fourth-order valence-corrected chi connectivity index (χ4v) is 2.43. The fraction of sp³-hybridized carbons (Fsp3) is 0.125. The van der Waals surface area contributed by atoms with Gasteiger partial charge in [0.15, 0.2) is 0 Å². The molecule has 0 aliphatic rings. The van der Waals surface area contributed by atoms with Crippen molar-refractivity contribution in [3.8, 4) is 6.07 Å². The third-order valence-corrected chi connectivity index (χ3v) is 2.66. The molecule has 0 N–H and O–H groups in total. The quantitative estimate of drug-likeness (QED) is 0.726. The van der Waals surface area contributed by atoms with E-state index in [0.29, 0.717) is 15.6 Å². The Morgan fingerprint density at radius 1 is 1.33 bits per heavy atom. The van der Waals surface area contributed by atoms with Crippen LogP contribution >= 0.6 is 45.8 Å². The maximum absolute atomic E-state index is 8.47. The second kappa shape index (κ2) is 4.31. The van der Waals surface area contributed by atoms with Crippen LogP contribution in [0.4, 0.5) is 0 Å². The highest BCUT2D eigenvalue weighted by Crippen LogP contribution is 2.27. The van der Waals surface area contributed by atoms with Crippen molar-refractivity contribution in [1.82, 2.24) is 0 Å². The molecule has 0 aliphatic heterocycles. The van der Waals surface area contributed by atoms with E-state index in [1.165, 1.54) is 0 Å². The molecule has 0 radical (unpaired) electrons. The van der Waals surface area contributed by atoms with E-state index in [1.807, 2.05) is 6.07 Å². The van der Waals surface area contributed by atoms with E-state index in [-0.39, 0.29) is 6.42 Å². The molecule has 4 heteroatoms. The molecule has 0 spiro atoms. The summed E-state index contributed by atoms with van der Waals surface area (Å²) in [6.07, 6.45) is 0.259. The first-order chi connectivity index (χ1) is 5.65. The van der Waals surface area contributed by atoms with Gasteiger partial charge in [0.2, 0.25) is 0 Å². The van der Waals surface area contributed by atoms with E-state index in [1.54, 1.807) is 12.1 Å². The zero-order chi connectivity index (χ0) is 9.14. The molecular formula is C8H4Cl2IN. The minimum absolute atomic E-state index is 0.259. The molecular weight excluding hydrogens is 308 g/mol. The molecule has 0 heterocycles. The predicted octanol–water partition coefficient (Wildman–Crippen LogP) is 3.66. The van der Waals surface area contributed by atoms with Crippen molar-refractivity contribution in [2.75, 3.05) is 0 Å². The number of benzene rings is 1. The van der Waals surface area contributed by atoms with Crippen LogP contribution in [0.25, 0.3) is 0 Å². The Morgan fingerprint density at radius 3 is 2.25 bits per heavy atom. The lowest BCUT2D eigenvalue weighted by Crippen LogP contribution is -1.86. The van der Waals surface area contributed by atoms with Crippen LogP contribution in [0.15, 0.2) is 12.1 Å². The number of hydrogen-bond acceptors (Lipinski definition) is 1. The third kappa shape index (κ3) is 2.25. The monoisotopic (exact) mass is 311 g/mol. The first-order valence-electron chi connectivity index (χ1n) is 3.15. The fourth-order valence-electron chi connectivity index (χ4n) is 0.820. The Balaban J connectivity index is 3.21. The molecule has 0 amide bonds. The van der Waals surface area contributed by atoms with Crippen LogP contribution in [-0.4, -0.2) is 0 Å². The van der Waals surface area contributed by atoms with E-state index in [4.69, 9.17) is 28.5 Å². The van der Waals surface area contributed by atoms with Crippen LogP contribution in [-0.2, 0) is 6.42 Å². The van der Waals surface area contributed by atoms with Gasteiger partial charge in [0.05, 0.1) is 12.5 Å². The van der Waals surface area contributed by atoms with E-state index in [0.717, 1.165) is 3.57 Å². The Morgan fingerprint density at radius 2 is 1.83 bits per heavy atom. The van der Waals surface area contributed by atoms with Gasteiger partial charge in [-0.1, -0.05) is 23.2 Å². The predicted molar refractivity (Wildman–Crippen MR) is 58.5 cm³/mol. The second-order valence-electron chi connectivity index (χ2n) is 2.18. The first kappa shape index (κ1) is 10.1. The molecule has 1 rings (SSSR count). The summed E-state index contributed by atoms with van der Waals surface area (Å²) < 4.78 is 0.976. The van der Waals surface area contributed by atoms with Gasteiger partial charge in [-0.15, -0.1) is 0 Å². The molecule has 1 nitrogen and oxygen atoms in total. The van der Waals surface area contributed by atoms with Gasteiger partial charge >= 0.3 is 0 Å². The molecule has 0 saturated carbocycles. The minimum atomic E-state index is 0.259. The number of halogens is 3. The van der Waals surface area contributed by atoms with Gasteiger partial charge in [-0.25, -0.2) is 0 Å². The Bertz CT molecular complexity index is 320. The largest absolute Gasteiger partial charge is 0.198 e. The number of nitrogens with zero attached hydrogens (tertiary/aromatic N) is 1. The van der Waals surface area contributed by atoms with Crippen molar-refractivity contribution in [3.05, 3.63) is 31.3 Å². The van der Waals surface area contributed by atoms with Gasteiger partial charge in [0.1, 0.15) is 0 Å². The molecule has 1 aromatic carbocycles.